The predicted molar refractivity (Wildman–Crippen MR) is 312 cm³/mol. The second-order valence-electron chi connectivity index (χ2n) is 19.1. The van der Waals surface area contributed by atoms with E-state index in [9.17, 15) is 0 Å². The summed E-state index contributed by atoms with van der Waals surface area (Å²) in [5.41, 5.74) is 12.3. The molecule has 75 heavy (non-hydrogen) atoms. The lowest BCUT2D eigenvalue weighted by atomic mass is 10.0. The van der Waals surface area contributed by atoms with Crippen molar-refractivity contribution in [2.24, 2.45) is 0 Å². The molecular formula is C69H46N4OSi. The van der Waals surface area contributed by atoms with Crippen molar-refractivity contribution >= 4 is 72.6 Å². The monoisotopic (exact) mass is 974 g/mol. The van der Waals surface area contributed by atoms with Crippen molar-refractivity contribution in [1.82, 2.24) is 19.5 Å². The molecule has 352 valence electrons. The maximum absolute atomic E-state index is 6.23. The first-order valence-corrected chi connectivity index (χ1v) is 27.4. The molecule has 5 nitrogen and oxygen atoms in total. The zero-order valence-electron chi connectivity index (χ0n) is 40.8. The van der Waals surface area contributed by atoms with Gasteiger partial charge in [-0.3, -0.25) is 0 Å². The summed E-state index contributed by atoms with van der Waals surface area (Å²) in [4.78, 5) is 15.7. The van der Waals surface area contributed by atoms with E-state index in [0.717, 1.165) is 66.6 Å². The number of hydrogen-bond donors (Lipinski definition) is 0. The average molecular weight is 975 g/mol. The van der Waals surface area contributed by atoms with Gasteiger partial charge in [-0.25, -0.2) is 15.0 Å². The van der Waals surface area contributed by atoms with Gasteiger partial charge in [0.2, 0.25) is 0 Å². The summed E-state index contributed by atoms with van der Waals surface area (Å²) in [6.45, 7) is 0. The number of nitrogens with zero attached hydrogens (tertiary/aromatic N) is 4. The number of rotatable bonds is 10. The van der Waals surface area contributed by atoms with Crippen LogP contribution in [0.15, 0.2) is 283 Å². The minimum absolute atomic E-state index is 0.591. The van der Waals surface area contributed by atoms with Crippen LogP contribution in [-0.4, -0.2) is 27.6 Å². The van der Waals surface area contributed by atoms with E-state index in [1.807, 2.05) is 36.4 Å². The second kappa shape index (κ2) is 18.4. The topological polar surface area (TPSA) is 56.7 Å². The van der Waals surface area contributed by atoms with E-state index >= 15 is 0 Å². The highest BCUT2D eigenvalue weighted by atomic mass is 28.3. The Morgan fingerprint density at radius 1 is 0.267 bits per heavy atom. The summed E-state index contributed by atoms with van der Waals surface area (Å²) in [5, 5.41) is 9.84. The van der Waals surface area contributed by atoms with Crippen LogP contribution in [-0.2, 0) is 0 Å². The molecule has 0 fully saturated rings. The fourth-order valence-corrected chi connectivity index (χ4v) is 16.0. The van der Waals surface area contributed by atoms with Crippen LogP contribution in [0, 0.1) is 0 Å². The third-order valence-corrected chi connectivity index (χ3v) is 19.6. The number of hydrogen-bond acceptors (Lipinski definition) is 4. The van der Waals surface area contributed by atoms with Crippen LogP contribution in [0.1, 0.15) is 0 Å². The quantitative estimate of drug-likeness (QED) is 0.101. The van der Waals surface area contributed by atoms with Crippen molar-refractivity contribution < 1.29 is 4.42 Å². The van der Waals surface area contributed by atoms with E-state index in [-0.39, 0.29) is 0 Å². The second-order valence-corrected chi connectivity index (χ2v) is 22.9. The normalized spacial score (nSPS) is 11.7. The van der Waals surface area contributed by atoms with E-state index in [2.05, 4.69) is 247 Å². The van der Waals surface area contributed by atoms with Gasteiger partial charge in [0.15, 0.2) is 25.5 Å². The minimum atomic E-state index is -2.94. The third kappa shape index (κ3) is 7.66. The smallest absolute Gasteiger partial charge is 0.179 e. The first-order chi connectivity index (χ1) is 37.2. The molecule has 0 unspecified atom stereocenters. The minimum Gasteiger partial charge on any atom is -0.456 e. The molecule has 14 aromatic rings. The fraction of sp³-hybridized carbons (Fsp3) is 0. The first kappa shape index (κ1) is 44.0. The van der Waals surface area contributed by atoms with E-state index in [0.29, 0.717) is 17.5 Å². The first-order valence-electron chi connectivity index (χ1n) is 25.4. The van der Waals surface area contributed by atoms with Crippen LogP contribution >= 0.6 is 0 Å². The molecular weight excluding hydrogens is 929 g/mol. The Kier molecular flexibility index (Phi) is 10.8. The lowest BCUT2D eigenvalue weighted by molar-refractivity contribution is 0.669. The Labute approximate surface area is 435 Å². The Hall–Kier alpha value is -9.75. The molecule has 0 saturated heterocycles. The highest BCUT2D eigenvalue weighted by molar-refractivity contribution is 7.20. The van der Waals surface area contributed by atoms with Gasteiger partial charge in [-0.2, -0.15) is 0 Å². The van der Waals surface area contributed by atoms with Gasteiger partial charge in [0, 0.05) is 43.9 Å². The third-order valence-electron chi connectivity index (χ3n) is 14.8. The number of furan rings is 1. The van der Waals surface area contributed by atoms with Gasteiger partial charge in [0.05, 0.1) is 11.0 Å². The molecule has 0 spiro atoms. The Balaban J connectivity index is 0.902. The molecule has 3 aromatic heterocycles. The van der Waals surface area contributed by atoms with Crippen LogP contribution in [0.4, 0.5) is 0 Å². The fourth-order valence-electron chi connectivity index (χ4n) is 11.3. The molecule has 0 radical (unpaired) electrons. The van der Waals surface area contributed by atoms with E-state index in [1.165, 1.54) is 42.6 Å². The zero-order chi connectivity index (χ0) is 49.7. The van der Waals surface area contributed by atoms with Gasteiger partial charge >= 0.3 is 0 Å². The number of benzene rings is 11. The maximum Gasteiger partial charge on any atom is 0.179 e. The van der Waals surface area contributed by atoms with Crippen LogP contribution in [0.2, 0.25) is 0 Å². The molecule has 0 bridgehead atoms. The summed E-state index contributed by atoms with van der Waals surface area (Å²) >= 11 is 0. The van der Waals surface area contributed by atoms with Crippen LogP contribution in [0.5, 0.6) is 0 Å². The van der Waals surface area contributed by atoms with E-state index in [1.54, 1.807) is 0 Å². The molecule has 14 rings (SSSR count). The summed E-state index contributed by atoms with van der Waals surface area (Å²) in [6.07, 6.45) is 0. The van der Waals surface area contributed by atoms with Crippen LogP contribution in [0.3, 0.4) is 0 Å². The largest absolute Gasteiger partial charge is 0.456 e. The lowest BCUT2D eigenvalue weighted by Crippen LogP contribution is -2.74. The van der Waals surface area contributed by atoms with Gasteiger partial charge in [-0.05, 0) is 104 Å². The van der Waals surface area contributed by atoms with Crippen LogP contribution in [0.25, 0.3) is 106 Å². The van der Waals surface area contributed by atoms with Gasteiger partial charge in [0.25, 0.3) is 0 Å². The maximum atomic E-state index is 6.23. The lowest BCUT2D eigenvalue weighted by Gasteiger charge is -2.34. The van der Waals surface area contributed by atoms with Crippen molar-refractivity contribution in [3.05, 3.63) is 279 Å². The van der Waals surface area contributed by atoms with E-state index in [4.69, 9.17) is 19.4 Å². The number of para-hydroxylation sites is 3. The predicted octanol–water partition coefficient (Wildman–Crippen LogP) is 14.6. The molecule has 0 amide bonds. The van der Waals surface area contributed by atoms with Gasteiger partial charge in [0.1, 0.15) is 11.2 Å². The van der Waals surface area contributed by atoms with Crippen molar-refractivity contribution in [3.63, 3.8) is 0 Å². The zero-order valence-corrected chi connectivity index (χ0v) is 41.8. The Bertz CT molecular complexity index is 4360. The number of fused-ring (bicyclic) bond motifs is 6. The molecule has 0 N–H and O–H groups in total. The van der Waals surface area contributed by atoms with Gasteiger partial charge in [-0.1, -0.05) is 218 Å². The molecule has 0 aliphatic heterocycles. The molecule has 0 aliphatic carbocycles. The molecule has 0 saturated carbocycles. The molecule has 0 aliphatic rings. The molecule has 0 atom stereocenters. The SMILES string of the molecule is c1ccc(-c2cccc(-c3nc(-c4cccc(-c5ccc([Si](c6ccccc6)(c6ccccc6)c6ccc7c(c6)c6ccccc6n7-c6ccccc6)cc5)c4)nc(-c4ccc5oc6ccccc6c5c4)n3)c2)cc1. The summed E-state index contributed by atoms with van der Waals surface area (Å²) in [5.74, 6) is 1.79. The Morgan fingerprint density at radius 2 is 0.707 bits per heavy atom. The van der Waals surface area contributed by atoms with Crippen molar-refractivity contribution in [2.45, 2.75) is 0 Å². The van der Waals surface area contributed by atoms with Gasteiger partial charge < -0.3 is 8.98 Å². The van der Waals surface area contributed by atoms with Crippen LogP contribution < -0.4 is 20.7 Å². The standard InChI is InChI=1S/C69H46N4OSi/c1-5-19-47(20-6-1)49-21-17-23-51(43-49)67-70-68(72-69(71-67)53-37-42-66-62(45-53)60-32-14-16-34-65(60)74-66)52-24-18-22-50(44-52)48-35-38-57(39-36-48)75(55-27-9-3-10-28-55,56-29-11-4-12-30-56)58-40-41-64-61(46-58)59-31-13-15-33-63(59)73(64)54-25-7-2-8-26-54/h1-46H. The van der Waals surface area contributed by atoms with Crippen molar-refractivity contribution in [2.75, 3.05) is 0 Å². The Morgan fingerprint density at radius 3 is 1.35 bits per heavy atom. The highest BCUT2D eigenvalue weighted by Crippen LogP contribution is 2.35. The van der Waals surface area contributed by atoms with Crippen molar-refractivity contribution in [3.8, 4) is 62.1 Å². The molecule has 11 aromatic carbocycles. The van der Waals surface area contributed by atoms with Gasteiger partial charge in [-0.15, -0.1) is 0 Å². The molecule has 3 heterocycles. The molecule has 6 heteroatoms. The summed E-state index contributed by atoms with van der Waals surface area (Å²) < 4.78 is 8.62. The van der Waals surface area contributed by atoms with E-state index < -0.39 is 8.07 Å². The summed E-state index contributed by atoms with van der Waals surface area (Å²) in [6, 6.07) is 100. The number of aromatic nitrogens is 4. The average Bonchev–Trinajstić information content (AvgIpc) is 4.04. The summed E-state index contributed by atoms with van der Waals surface area (Å²) in [7, 11) is -2.94. The highest BCUT2D eigenvalue weighted by Gasteiger charge is 2.41. The van der Waals surface area contributed by atoms with Crippen molar-refractivity contribution in [1.29, 1.82) is 0 Å².